The van der Waals surface area contributed by atoms with Gasteiger partial charge in [0.2, 0.25) is 0 Å². The molecule has 0 rings (SSSR count). The van der Waals surface area contributed by atoms with Crippen LogP contribution in [0.4, 0.5) is 0 Å². The van der Waals surface area contributed by atoms with Gasteiger partial charge in [0.05, 0.1) is 0 Å². The molecule has 0 saturated carbocycles. The summed E-state index contributed by atoms with van der Waals surface area (Å²) >= 11 is 0. The van der Waals surface area contributed by atoms with Gasteiger partial charge in [-0.25, -0.2) is 0 Å². The molecule has 0 heterocycles. The van der Waals surface area contributed by atoms with Crippen molar-refractivity contribution in [3.8, 4) is 0 Å². The minimum Gasteiger partial charge on any atom is -0.550 e. The molecule has 0 atom stereocenters. The Bertz CT molecular complexity index is 120. The Morgan fingerprint density at radius 1 is 0.600 bits per heavy atom. The van der Waals surface area contributed by atoms with Gasteiger partial charge in [-0.05, 0) is 20.8 Å². The summed E-state index contributed by atoms with van der Waals surface area (Å²) in [6.45, 7) is 2.92. The van der Waals surface area contributed by atoms with E-state index >= 15 is 0 Å². The van der Waals surface area contributed by atoms with Gasteiger partial charge in [-0.2, -0.15) is 0 Å². The minimum absolute atomic E-state index is 0. The molecule has 0 aromatic rings. The Balaban J connectivity index is -0.0000000184. The summed E-state index contributed by atoms with van der Waals surface area (Å²) < 4.78 is 0. The number of carboxylic acid groups (broad SMARTS) is 3. The van der Waals surface area contributed by atoms with Crippen LogP contribution in [0.25, 0.3) is 0 Å². The minimum atomic E-state index is -1.08. The summed E-state index contributed by atoms with van der Waals surface area (Å²) in [6.07, 6.45) is 0. The molecule has 72 valence electrons. The number of hydrogen-bond acceptors (Lipinski definition) is 6. The van der Waals surface area contributed by atoms with Gasteiger partial charge in [0, 0.05) is 17.9 Å². The van der Waals surface area contributed by atoms with Gasteiger partial charge in [-0.15, -0.1) is 0 Å². The van der Waals surface area contributed by atoms with Crippen molar-refractivity contribution in [1.82, 2.24) is 0 Å². The number of hydrogen-bond donors (Lipinski definition) is 0. The first-order valence-corrected chi connectivity index (χ1v) is 2.72. The van der Waals surface area contributed by atoms with E-state index < -0.39 is 17.9 Å². The molecule has 0 spiro atoms. The van der Waals surface area contributed by atoms with Gasteiger partial charge in [-0.3, -0.25) is 0 Å². The van der Waals surface area contributed by atoms with Crippen LogP contribution >= 0.6 is 0 Å². The zero-order chi connectivity index (χ0) is 10.7. The molecular formula is C6H9K3O6. The second-order valence-corrected chi connectivity index (χ2v) is 1.47. The summed E-state index contributed by atoms with van der Waals surface area (Å²) in [5.41, 5.74) is 0. The summed E-state index contributed by atoms with van der Waals surface area (Å²) in [6, 6.07) is 0. The first kappa shape index (κ1) is 36.2. The van der Waals surface area contributed by atoms with Crippen molar-refractivity contribution in [2.75, 3.05) is 0 Å². The number of aliphatic carboxylic acids is 3. The van der Waals surface area contributed by atoms with E-state index in [1.54, 1.807) is 0 Å². The molecule has 0 aliphatic heterocycles. The number of carbonyl (C=O) groups is 3. The smallest absolute Gasteiger partial charge is 0.550 e. The van der Waals surface area contributed by atoms with Crippen LogP contribution in [-0.4, -0.2) is 17.9 Å². The zero-order valence-corrected chi connectivity index (χ0v) is 19.3. The molecule has 0 aromatic heterocycles. The predicted molar refractivity (Wildman–Crippen MR) is 32.0 cm³/mol. The van der Waals surface area contributed by atoms with Crippen LogP contribution in [-0.2, 0) is 14.4 Å². The Labute approximate surface area is 216 Å². The van der Waals surface area contributed by atoms with Gasteiger partial charge in [0.1, 0.15) is 0 Å². The molecule has 0 saturated heterocycles. The van der Waals surface area contributed by atoms with Gasteiger partial charge in [-0.1, -0.05) is 0 Å². The number of carboxylic acids is 3. The van der Waals surface area contributed by atoms with E-state index in [4.69, 9.17) is 29.7 Å². The first-order valence-electron chi connectivity index (χ1n) is 2.72. The Morgan fingerprint density at radius 3 is 0.600 bits per heavy atom. The van der Waals surface area contributed by atoms with Crippen LogP contribution in [0.3, 0.4) is 0 Å². The molecule has 0 N–H and O–H groups in total. The van der Waals surface area contributed by atoms with Crippen LogP contribution in [0.5, 0.6) is 0 Å². The van der Waals surface area contributed by atoms with Crippen molar-refractivity contribution in [2.24, 2.45) is 0 Å². The summed E-state index contributed by atoms with van der Waals surface area (Å²) in [4.78, 5) is 26.7. The van der Waals surface area contributed by atoms with Crippen molar-refractivity contribution in [1.29, 1.82) is 0 Å². The fraction of sp³-hybridized carbons (Fsp3) is 0.500. The van der Waals surface area contributed by atoms with Crippen molar-refractivity contribution >= 4 is 17.9 Å². The summed E-state index contributed by atoms with van der Waals surface area (Å²) in [5, 5.41) is 26.7. The Morgan fingerprint density at radius 2 is 0.600 bits per heavy atom. The molecule has 15 heavy (non-hydrogen) atoms. The van der Waals surface area contributed by atoms with Gasteiger partial charge in [0.25, 0.3) is 0 Å². The average molecular weight is 294 g/mol. The molecule has 0 radical (unpaired) electrons. The van der Waals surface area contributed by atoms with Crippen molar-refractivity contribution in [3.63, 3.8) is 0 Å². The fourth-order valence-corrected chi connectivity index (χ4v) is 0. The fourth-order valence-electron chi connectivity index (χ4n) is 0. The average Bonchev–Trinajstić information content (AvgIpc) is 1.54. The van der Waals surface area contributed by atoms with E-state index in [0.29, 0.717) is 0 Å². The first-order chi connectivity index (χ1) is 5.20. The molecule has 0 bridgehead atoms. The van der Waals surface area contributed by atoms with Gasteiger partial charge in [0.15, 0.2) is 0 Å². The molecule has 0 amide bonds. The maximum atomic E-state index is 8.89. The number of carbonyl (C=O) groups excluding carboxylic acids is 3. The number of rotatable bonds is 0. The normalized spacial score (nSPS) is 5.00. The molecule has 6 nitrogen and oxygen atoms in total. The standard InChI is InChI=1S/3C2H4O2.3K/c3*1-2(3)4;;;/h3*1H3,(H,3,4);;;/q;;;3*+1/p-3. The van der Waals surface area contributed by atoms with E-state index in [1.165, 1.54) is 0 Å². The zero-order valence-electron chi connectivity index (χ0n) is 9.95. The van der Waals surface area contributed by atoms with Gasteiger partial charge < -0.3 is 29.7 Å². The summed E-state index contributed by atoms with van der Waals surface area (Å²) in [5.74, 6) is -3.25. The van der Waals surface area contributed by atoms with E-state index in [0.717, 1.165) is 20.8 Å². The van der Waals surface area contributed by atoms with Crippen LogP contribution in [0.2, 0.25) is 0 Å². The third kappa shape index (κ3) is 369. The van der Waals surface area contributed by atoms with Crippen LogP contribution in [0.1, 0.15) is 20.8 Å². The third-order valence-electron chi connectivity index (χ3n) is 0. The van der Waals surface area contributed by atoms with Crippen molar-refractivity contribution in [3.05, 3.63) is 0 Å². The second-order valence-electron chi connectivity index (χ2n) is 1.47. The molecule has 0 fully saturated rings. The largest absolute Gasteiger partial charge is 1.00 e. The predicted octanol–water partition coefficient (Wildman–Crippen LogP) is -12.7. The Kier molecular flexibility index (Phi) is 73.4. The molecule has 0 aliphatic rings. The summed E-state index contributed by atoms with van der Waals surface area (Å²) in [7, 11) is 0. The van der Waals surface area contributed by atoms with E-state index in [1.807, 2.05) is 0 Å². The topological polar surface area (TPSA) is 120 Å². The van der Waals surface area contributed by atoms with E-state index in [-0.39, 0.29) is 154 Å². The van der Waals surface area contributed by atoms with Crippen molar-refractivity contribution < 1.29 is 184 Å². The SMILES string of the molecule is CC(=O)[O-].CC(=O)[O-].CC(=O)[O-].[K+].[K+].[K+]. The Hall–Kier alpha value is 3.32. The molecule has 0 aromatic carbocycles. The van der Waals surface area contributed by atoms with Crippen LogP contribution in [0.15, 0.2) is 0 Å². The molecule has 0 unspecified atom stereocenters. The molecular weight excluding hydrogens is 285 g/mol. The second kappa shape index (κ2) is 30.4. The molecule has 0 aliphatic carbocycles. The van der Waals surface area contributed by atoms with E-state index in [9.17, 15) is 0 Å². The third-order valence-corrected chi connectivity index (χ3v) is 0. The quantitative estimate of drug-likeness (QED) is 0.409. The maximum absolute atomic E-state index is 8.89. The van der Waals surface area contributed by atoms with Crippen LogP contribution in [0, 0.1) is 0 Å². The monoisotopic (exact) mass is 294 g/mol. The van der Waals surface area contributed by atoms with Crippen molar-refractivity contribution in [2.45, 2.75) is 20.8 Å². The molecule has 9 heteroatoms. The van der Waals surface area contributed by atoms with E-state index in [2.05, 4.69) is 0 Å². The van der Waals surface area contributed by atoms with Gasteiger partial charge >= 0.3 is 154 Å². The maximum Gasteiger partial charge on any atom is 1.00 e. The van der Waals surface area contributed by atoms with Crippen LogP contribution < -0.4 is 169 Å².